The van der Waals surface area contributed by atoms with E-state index in [0.717, 1.165) is 29.4 Å². The molecule has 0 radical (unpaired) electrons. The first-order valence-corrected chi connectivity index (χ1v) is 10.8. The van der Waals surface area contributed by atoms with Crippen LogP contribution >= 0.6 is 0 Å². The highest BCUT2D eigenvalue weighted by atomic mass is 16.5. The maximum absolute atomic E-state index is 13.3. The van der Waals surface area contributed by atoms with Crippen LogP contribution in [0.25, 0.3) is 10.9 Å². The molecule has 3 heterocycles. The number of carbonyl (C=O) groups is 2. The Balaban J connectivity index is 1.36. The first kappa shape index (κ1) is 19.8. The Hall–Kier alpha value is -3.13. The van der Waals surface area contributed by atoms with Crippen LogP contribution in [-0.4, -0.2) is 68.7 Å². The van der Waals surface area contributed by atoms with E-state index in [1.807, 2.05) is 49.0 Å². The fourth-order valence-corrected chi connectivity index (χ4v) is 4.37. The maximum Gasteiger partial charge on any atom is 0.270 e. The third-order valence-electron chi connectivity index (χ3n) is 6.57. The lowest BCUT2D eigenvalue weighted by Gasteiger charge is -2.30. The van der Waals surface area contributed by atoms with Gasteiger partial charge >= 0.3 is 0 Å². The smallest absolute Gasteiger partial charge is 0.270 e. The molecule has 31 heavy (non-hydrogen) atoms. The second-order valence-electron chi connectivity index (χ2n) is 8.45. The topological polar surface area (TPSA) is 83.5 Å². The summed E-state index contributed by atoms with van der Waals surface area (Å²) in [7, 11) is 1.84. The molecule has 2 aromatic heterocycles. The van der Waals surface area contributed by atoms with Gasteiger partial charge < -0.3 is 19.5 Å². The fourth-order valence-electron chi connectivity index (χ4n) is 4.37. The average molecular weight is 422 g/mol. The monoisotopic (exact) mass is 421 g/mol. The molecule has 0 spiro atoms. The van der Waals surface area contributed by atoms with E-state index in [1.54, 1.807) is 16.0 Å². The van der Waals surface area contributed by atoms with Crippen molar-refractivity contribution in [3.63, 3.8) is 0 Å². The van der Waals surface area contributed by atoms with E-state index in [1.165, 1.54) is 0 Å². The van der Waals surface area contributed by atoms with Gasteiger partial charge in [-0.3, -0.25) is 14.3 Å². The van der Waals surface area contributed by atoms with Crippen LogP contribution < -0.4 is 0 Å². The van der Waals surface area contributed by atoms with Crippen LogP contribution in [0.4, 0.5) is 0 Å². The van der Waals surface area contributed by atoms with E-state index < -0.39 is 0 Å². The summed E-state index contributed by atoms with van der Waals surface area (Å²) >= 11 is 0. The summed E-state index contributed by atoms with van der Waals surface area (Å²) in [6.07, 6.45) is 3.54. The van der Waals surface area contributed by atoms with Gasteiger partial charge in [0.25, 0.3) is 11.8 Å². The van der Waals surface area contributed by atoms with Crippen LogP contribution in [0.2, 0.25) is 0 Å². The largest absolute Gasteiger partial charge is 0.379 e. The zero-order valence-corrected chi connectivity index (χ0v) is 17.9. The molecule has 0 unspecified atom stereocenters. The summed E-state index contributed by atoms with van der Waals surface area (Å²) in [5.41, 5.74) is 2.65. The summed E-state index contributed by atoms with van der Waals surface area (Å²) in [6.45, 7) is 4.65. The SMILES string of the molecule is CCOCC1(N(C)C(=O)c2cnn3c2CN(C(=O)c2cc4ccccc4[nH]2)CC3)CC1. The second kappa shape index (κ2) is 7.53. The van der Waals surface area contributed by atoms with Crippen molar-refractivity contribution >= 4 is 22.7 Å². The number of hydrogen-bond donors (Lipinski definition) is 1. The van der Waals surface area contributed by atoms with Gasteiger partial charge in [0.15, 0.2) is 0 Å². The van der Waals surface area contributed by atoms with Crippen molar-refractivity contribution in [1.82, 2.24) is 24.6 Å². The number of fused-ring (bicyclic) bond motifs is 2. The summed E-state index contributed by atoms with van der Waals surface area (Å²) in [4.78, 5) is 33.3. The van der Waals surface area contributed by atoms with E-state index in [4.69, 9.17) is 4.74 Å². The number of carbonyl (C=O) groups excluding carboxylic acids is 2. The highest BCUT2D eigenvalue weighted by Gasteiger charge is 2.49. The van der Waals surface area contributed by atoms with Crippen molar-refractivity contribution < 1.29 is 14.3 Å². The molecule has 1 saturated carbocycles. The summed E-state index contributed by atoms with van der Waals surface area (Å²) in [6, 6.07) is 9.72. The van der Waals surface area contributed by atoms with E-state index in [0.29, 0.717) is 44.1 Å². The molecule has 1 aromatic carbocycles. The number of aromatic nitrogens is 3. The Bertz CT molecular complexity index is 1110. The Morgan fingerprint density at radius 1 is 1.26 bits per heavy atom. The van der Waals surface area contributed by atoms with E-state index in [-0.39, 0.29) is 17.4 Å². The molecule has 162 valence electrons. The molecular formula is C23H27N5O3. The lowest BCUT2D eigenvalue weighted by molar-refractivity contribution is 0.0459. The first-order chi connectivity index (χ1) is 15.0. The minimum atomic E-state index is -0.212. The molecule has 8 heteroatoms. The predicted molar refractivity (Wildman–Crippen MR) is 116 cm³/mol. The molecule has 2 amide bonds. The predicted octanol–water partition coefficient (Wildman–Crippen LogP) is 2.66. The highest BCUT2D eigenvalue weighted by Crippen LogP contribution is 2.42. The summed E-state index contributed by atoms with van der Waals surface area (Å²) in [5, 5.41) is 5.43. The Morgan fingerprint density at radius 3 is 2.81 bits per heavy atom. The highest BCUT2D eigenvalue weighted by molar-refractivity contribution is 5.99. The van der Waals surface area contributed by atoms with Crippen LogP contribution in [0.1, 0.15) is 46.3 Å². The molecule has 8 nitrogen and oxygen atoms in total. The van der Waals surface area contributed by atoms with Crippen LogP contribution in [0.3, 0.4) is 0 Å². The third-order valence-corrected chi connectivity index (χ3v) is 6.57. The molecular weight excluding hydrogens is 394 g/mol. The minimum Gasteiger partial charge on any atom is -0.379 e. The van der Waals surface area contributed by atoms with Crippen molar-refractivity contribution in [2.24, 2.45) is 0 Å². The zero-order chi connectivity index (χ0) is 21.6. The molecule has 0 atom stereocenters. The van der Waals surface area contributed by atoms with Crippen molar-refractivity contribution in [2.75, 3.05) is 26.8 Å². The molecule has 1 N–H and O–H groups in total. The number of benzene rings is 1. The molecule has 5 rings (SSSR count). The number of nitrogens with zero attached hydrogens (tertiary/aromatic N) is 4. The minimum absolute atomic E-state index is 0.0571. The lowest BCUT2D eigenvalue weighted by atomic mass is 10.1. The molecule has 0 saturated heterocycles. The van der Waals surface area contributed by atoms with Gasteiger partial charge in [0.05, 0.1) is 42.7 Å². The van der Waals surface area contributed by atoms with Gasteiger partial charge in [-0.15, -0.1) is 0 Å². The number of ether oxygens (including phenoxy) is 1. The van der Waals surface area contributed by atoms with Crippen molar-refractivity contribution in [3.05, 3.63) is 53.5 Å². The summed E-state index contributed by atoms with van der Waals surface area (Å²) < 4.78 is 7.46. The maximum atomic E-state index is 13.3. The van der Waals surface area contributed by atoms with Gasteiger partial charge in [-0.2, -0.15) is 5.10 Å². The standard InChI is InChI=1S/C23H27N5O3/c1-3-31-15-23(8-9-23)26(2)21(29)17-13-24-28-11-10-27(14-20(17)28)22(30)19-12-16-6-4-5-7-18(16)25-19/h4-7,12-13,25H,3,8-11,14-15H2,1-2H3. The van der Waals surface area contributed by atoms with E-state index in [9.17, 15) is 9.59 Å². The number of para-hydroxylation sites is 1. The van der Waals surface area contributed by atoms with E-state index in [2.05, 4.69) is 10.1 Å². The van der Waals surface area contributed by atoms with Crippen LogP contribution in [0.5, 0.6) is 0 Å². The van der Waals surface area contributed by atoms with E-state index >= 15 is 0 Å². The van der Waals surface area contributed by atoms with Gasteiger partial charge in [0.1, 0.15) is 5.69 Å². The number of H-pyrrole nitrogens is 1. The molecule has 3 aromatic rings. The van der Waals surface area contributed by atoms with Crippen LogP contribution in [0.15, 0.2) is 36.5 Å². The molecule has 2 aliphatic rings. The van der Waals surface area contributed by atoms with Crippen molar-refractivity contribution in [2.45, 2.75) is 38.4 Å². The Labute approximate surface area is 180 Å². The quantitative estimate of drug-likeness (QED) is 0.663. The Morgan fingerprint density at radius 2 is 2.06 bits per heavy atom. The molecule has 0 bridgehead atoms. The number of amides is 2. The molecule has 1 fully saturated rings. The normalized spacial score (nSPS) is 16.9. The van der Waals surface area contributed by atoms with Gasteiger partial charge in [-0.25, -0.2) is 0 Å². The van der Waals surface area contributed by atoms with Crippen molar-refractivity contribution in [1.29, 1.82) is 0 Å². The first-order valence-electron chi connectivity index (χ1n) is 10.8. The van der Waals surface area contributed by atoms with Gasteiger partial charge in [0, 0.05) is 31.1 Å². The van der Waals surface area contributed by atoms with Crippen LogP contribution in [-0.2, 0) is 17.8 Å². The number of rotatable bonds is 6. The fraction of sp³-hybridized carbons (Fsp3) is 0.435. The van der Waals surface area contributed by atoms with Gasteiger partial charge in [-0.05, 0) is 31.9 Å². The zero-order valence-electron chi connectivity index (χ0n) is 17.9. The second-order valence-corrected chi connectivity index (χ2v) is 8.45. The third kappa shape index (κ3) is 3.40. The number of nitrogens with one attached hydrogen (secondary N) is 1. The van der Waals surface area contributed by atoms with Gasteiger partial charge in [0.2, 0.25) is 0 Å². The average Bonchev–Trinajstić information content (AvgIpc) is 3.27. The Kier molecular flexibility index (Phi) is 4.81. The van der Waals surface area contributed by atoms with Gasteiger partial charge in [-0.1, -0.05) is 18.2 Å². The molecule has 1 aliphatic carbocycles. The number of likely N-dealkylation sites (N-methyl/N-ethyl adjacent to an activating group) is 1. The van der Waals surface area contributed by atoms with Crippen molar-refractivity contribution in [3.8, 4) is 0 Å². The lowest BCUT2D eigenvalue weighted by Crippen LogP contribution is -2.43. The molecule has 1 aliphatic heterocycles. The summed E-state index contributed by atoms with van der Waals surface area (Å²) in [5.74, 6) is -0.122. The number of aromatic amines is 1. The number of hydrogen-bond acceptors (Lipinski definition) is 4. The van der Waals surface area contributed by atoms with Crippen LogP contribution in [0, 0.1) is 0 Å².